The third-order valence-electron chi connectivity index (χ3n) is 3.69. The zero-order valence-electron chi connectivity index (χ0n) is 13.5. The number of amides is 1. The van der Waals surface area contributed by atoms with Crippen molar-refractivity contribution in [2.45, 2.75) is 27.3 Å². The summed E-state index contributed by atoms with van der Waals surface area (Å²) in [6, 6.07) is 3.73. The summed E-state index contributed by atoms with van der Waals surface area (Å²) in [4.78, 5) is 30.4. The Kier molecular flexibility index (Phi) is 5.49. The van der Waals surface area contributed by atoms with Gasteiger partial charge in [0.15, 0.2) is 0 Å². The van der Waals surface area contributed by atoms with E-state index in [2.05, 4.69) is 4.98 Å². The van der Waals surface area contributed by atoms with Crippen LogP contribution in [0.5, 0.6) is 0 Å². The van der Waals surface area contributed by atoms with E-state index >= 15 is 0 Å². The lowest BCUT2D eigenvalue weighted by Crippen LogP contribution is -2.30. The number of halogens is 1. The monoisotopic (exact) mass is 354 g/mol. The van der Waals surface area contributed by atoms with Crippen LogP contribution in [0.25, 0.3) is 0 Å². The third-order valence-corrected chi connectivity index (χ3v) is 4.90. The first-order chi connectivity index (χ1) is 10.9. The largest absolute Gasteiger partial charge is 0.465 e. The molecule has 0 aliphatic carbocycles. The summed E-state index contributed by atoms with van der Waals surface area (Å²) in [5.41, 5.74) is 2.09. The number of nitrogens with one attached hydrogen (secondary N) is 1. The molecule has 0 radical (unpaired) electrons. The van der Waals surface area contributed by atoms with E-state index in [0.717, 1.165) is 4.88 Å². The fraction of sp³-hybridized carbons (Fsp3) is 0.375. The summed E-state index contributed by atoms with van der Waals surface area (Å²) in [7, 11) is 1.33. The standard InChI is InChI=1S/C16H19ClN2O3S/c1-5-19(8-11-6-7-12(17)23-11)15(20)14-9(2)13(10(3)18-14)16(21)22-4/h6-7,18H,5,8H2,1-4H3. The minimum atomic E-state index is -0.441. The van der Waals surface area contributed by atoms with Gasteiger partial charge in [-0.2, -0.15) is 0 Å². The van der Waals surface area contributed by atoms with E-state index in [-0.39, 0.29) is 5.91 Å². The number of aryl methyl sites for hydroxylation is 1. The third kappa shape index (κ3) is 3.59. The van der Waals surface area contributed by atoms with Crippen LogP contribution in [-0.4, -0.2) is 35.4 Å². The average molecular weight is 355 g/mol. The molecule has 2 heterocycles. The van der Waals surface area contributed by atoms with Gasteiger partial charge < -0.3 is 14.6 Å². The van der Waals surface area contributed by atoms with Crippen molar-refractivity contribution in [2.24, 2.45) is 0 Å². The van der Waals surface area contributed by atoms with Gasteiger partial charge in [0, 0.05) is 17.1 Å². The predicted octanol–water partition coefficient (Wildman–Crippen LogP) is 3.80. The van der Waals surface area contributed by atoms with E-state index in [9.17, 15) is 9.59 Å². The quantitative estimate of drug-likeness (QED) is 0.831. The maximum Gasteiger partial charge on any atom is 0.339 e. The van der Waals surface area contributed by atoms with Crippen LogP contribution in [0.3, 0.4) is 0 Å². The highest BCUT2D eigenvalue weighted by atomic mass is 35.5. The van der Waals surface area contributed by atoms with Gasteiger partial charge in [-0.25, -0.2) is 4.79 Å². The Morgan fingerprint density at radius 2 is 2.04 bits per heavy atom. The van der Waals surface area contributed by atoms with Gasteiger partial charge in [-0.1, -0.05) is 11.6 Å². The molecule has 5 nitrogen and oxygen atoms in total. The average Bonchev–Trinajstić information content (AvgIpc) is 3.06. The fourth-order valence-electron chi connectivity index (χ4n) is 2.48. The number of aromatic nitrogens is 1. The molecule has 124 valence electrons. The van der Waals surface area contributed by atoms with Crippen molar-refractivity contribution >= 4 is 34.8 Å². The van der Waals surface area contributed by atoms with Crippen molar-refractivity contribution in [1.29, 1.82) is 0 Å². The number of esters is 1. The van der Waals surface area contributed by atoms with Gasteiger partial charge in [-0.3, -0.25) is 4.79 Å². The van der Waals surface area contributed by atoms with Crippen LogP contribution in [0.15, 0.2) is 12.1 Å². The zero-order valence-corrected chi connectivity index (χ0v) is 15.1. The summed E-state index contributed by atoms with van der Waals surface area (Å²) in [5, 5.41) is 0. The Balaban J connectivity index is 2.29. The van der Waals surface area contributed by atoms with Gasteiger partial charge in [-0.15, -0.1) is 11.3 Å². The molecule has 0 bridgehead atoms. The molecule has 1 amide bonds. The normalized spacial score (nSPS) is 10.7. The van der Waals surface area contributed by atoms with Crippen LogP contribution in [0, 0.1) is 13.8 Å². The van der Waals surface area contributed by atoms with Gasteiger partial charge in [-0.05, 0) is 38.5 Å². The number of rotatable bonds is 5. The molecule has 7 heteroatoms. The molecular weight excluding hydrogens is 336 g/mol. The number of H-pyrrole nitrogens is 1. The molecule has 2 aromatic rings. The zero-order chi connectivity index (χ0) is 17.1. The first kappa shape index (κ1) is 17.6. The second-order valence-electron chi connectivity index (χ2n) is 5.14. The molecule has 0 aliphatic heterocycles. The molecule has 0 atom stereocenters. The van der Waals surface area contributed by atoms with E-state index in [4.69, 9.17) is 16.3 Å². The van der Waals surface area contributed by atoms with Gasteiger partial charge in [0.1, 0.15) is 5.69 Å². The molecule has 0 fully saturated rings. The van der Waals surface area contributed by atoms with Crippen molar-refractivity contribution in [1.82, 2.24) is 9.88 Å². The fourth-order valence-corrected chi connectivity index (χ4v) is 3.59. The summed E-state index contributed by atoms with van der Waals surface area (Å²) < 4.78 is 5.48. The Labute approximate surface area is 144 Å². The summed E-state index contributed by atoms with van der Waals surface area (Å²) in [6.07, 6.45) is 0. The van der Waals surface area contributed by atoms with E-state index in [0.29, 0.717) is 39.9 Å². The van der Waals surface area contributed by atoms with Crippen LogP contribution in [0.1, 0.15) is 43.9 Å². The highest BCUT2D eigenvalue weighted by Crippen LogP contribution is 2.25. The van der Waals surface area contributed by atoms with Crippen LogP contribution in [0.2, 0.25) is 4.34 Å². The van der Waals surface area contributed by atoms with Gasteiger partial charge in [0.2, 0.25) is 0 Å². The van der Waals surface area contributed by atoms with Crippen molar-refractivity contribution in [3.8, 4) is 0 Å². The Bertz CT molecular complexity index is 736. The van der Waals surface area contributed by atoms with Crippen molar-refractivity contribution < 1.29 is 14.3 Å². The van der Waals surface area contributed by atoms with Crippen LogP contribution >= 0.6 is 22.9 Å². The van der Waals surface area contributed by atoms with Gasteiger partial charge in [0.05, 0.1) is 23.6 Å². The minimum Gasteiger partial charge on any atom is -0.465 e. The molecule has 0 spiro atoms. The molecule has 2 aromatic heterocycles. The number of ether oxygens (including phenoxy) is 1. The molecule has 0 aliphatic rings. The van der Waals surface area contributed by atoms with Gasteiger partial charge in [0.25, 0.3) is 5.91 Å². The van der Waals surface area contributed by atoms with Crippen LogP contribution in [-0.2, 0) is 11.3 Å². The number of aromatic amines is 1. The summed E-state index contributed by atoms with van der Waals surface area (Å²) in [6.45, 7) is 6.46. The lowest BCUT2D eigenvalue weighted by Gasteiger charge is -2.20. The second kappa shape index (κ2) is 7.19. The van der Waals surface area contributed by atoms with E-state index < -0.39 is 5.97 Å². The molecule has 1 N–H and O–H groups in total. The van der Waals surface area contributed by atoms with E-state index in [1.54, 1.807) is 18.7 Å². The Morgan fingerprint density at radius 3 is 2.57 bits per heavy atom. The molecule has 0 saturated heterocycles. The Morgan fingerprint density at radius 1 is 1.35 bits per heavy atom. The number of nitrogens with zero attached hydrogens (tertiary/aromatic N) is 1. The first-order valence-electron chi connectivity index (χ1n) is 7.20. The minimum absolute atomic E-state index is 0.146. The molecular formula is C16H19ClN2O3S. The smallest absolute Gasteiger partial charge is 0.339 e. The van der Waals surface area contributed by atoms with Crippen LogP contribution < -0.4 is 0 Å². The SMILES string of the molecule is CCN(Cc1ccc(Cl)s1)C(=O)c1[nH]c(C)c(C(=O)OC)c1C. The molecule has 23 heavy (non-hydrogen) atoms. The number of carbonyl (C=O) groups excluding carboxylic acids is 2. The number of hydrogen-bond acceptors (Lipinski definition) is 4. The lowest BCUT2D eigenvalue weighted by molar-refractivity contribution is 0.0599. The number of methoxy groups -OCH3 is 1. The lowest BCUT2D eigenvalue weighted by atomic mass is 10.1. The predicted molar refractivity (Wildman–Crippen MR) is 91.3 cm³/mol. The first-order valence-corrected chi connectivity index (χ1v) is 8.39. The summed E-state index contributed by atoms with van der Waals surface area (Å²) in [5.74, 6) is -0.587. The van der Waals surface area contributed by atoms with E-state index in [1.807, 2.05) is 19.1 Å². The molecule has 0 unspecified atom stereocenters. The van der Waals surface area contributed by atoms with Crippen molar-refractivity contribution in [3.05, 3.63) is 43.9 Å². The van der Waals surface area contributed by atoms with E-state index in [1.165, 1.54) is 18.4 Å². The number of carbonyl (C=O) groups is 2. The van der Waals surface area contributed by atoms with Crippen LogP contribution in [0.4, 0.5) is 0 Å². The highest BCUT2D eigenvalue weighted by Gasteiger charge is 2.25. The summed E-state index contributed by atoms with van der Waals surface area (Å²) >= 11 is 7.39. The second-order valence-corrected chi connectivity index (χ2v) is 6.94. The van der Waals surface area contributed by atoms with Gasteiger partial charge >= 0.3 is 5.97 Å². The van der Waals surface area contributed by atoms with Crippen molar-refractivity contribution in [3.63, 3.8) is 0 Å². The maximum atomic E-state index is 12.8. The topological polar surface area (TPSA) is 62.4 Å². The molecule has 0 saturated carbocycles. The number of thiophene rings is 1. The number of hydrogen-bond donors (Lipinski definition) is 1. The molecule has 0 aromatic carbocycles. The Hall–Kier alpha value is -1.79. The molecule has 2 rings (SSSR count). The maximum absolute atomic E-state index is 12.8. The highest BCUT2D eigenvalue weighted by molar-refractivity contribution is 7.16. The van der Waals surface area contributed by atoms with Crippen molar-refractivity contribution in [2.75, 3.05) is 13.7 Å².